The van der Waals surface area contributed by atoms with Crippen molar-refractivity contribution in [1.82, 2.24) is 0 Å². The van der Waals surface area contributed by atoms with Crippen molar-refractivity contribution >= 4 is 31.9 Å². The van der Waals surface area contributed by atoms with Crippen LogP contribution >= 0.6 is 31.9 Å². The summed E-state index contributed by atoms with van der Waals surface area (Å²) in [6.45, 7) is 0.0706. The third kappa shape index (κ3) is 5.77. The lowest BCUT2D eigenvalue weighted by molar-refractivity contribution is -0.136. The zero-order valence-corrected chi connectivity index (χ0v) is 12.0. The zero-order chi connectivity index (χ0) is 12.9. The molecule has 0 aliphatic rings. The number of halogens is 5. The summed E-state index contributed by atoms with van der Waals surface area (Å²) in [5.74, 6) is 0.618. The van der Waals surface area contributed by atoms with Gasteiger partial charge in [-0.05, 0) is 24.6 Å². The molecule has 0 radical (unpaired) electrons. The highest BCUT2D eigenvalue weighted by Gasteiger charge is 2.26. The Hall–Kier alpha value is -0.230. The number of hydrogen-bond donors (Lipinski definition) is 0. The van der Waals surface area contributed by atoms with Crippen molar-refractivity contribution in [3.8, 4) is 5.75 Å². The molecule has 6 heteroatoms. The average molecular weight is 376 g/mol. The van der Waals surface area contributed by atoms with Crippen LogP contribution in [-0.4, -0.2) is 12.8 Å². The van der Waals surface area contributed by atoms with Crippen molar-refractivity contribution in [2.24, 2.45) is 0 Å². The molecule has 17 heavy (non-hydrogen) atoms. The summed E-state index contributed by atoms with van der Waals surface area (Å²) >= 11 is 6.62. The Bertz CT molecular complexity index is 366. The van der Waals surface area contributed by atoms with Crippen molar-refractivity contribution in [1.29, 1.82) is 0 Å². The lowest BCUT2D eigenvalue weighted by Crippen LogP contribution is -2.10. The fraction of sp³-hybridized carbons (Fsp3) is 0.455. The Morgan fingerprint density at radius 1 is 1.24 bits per heavy atom. The molecule has 0 amide bonds. The molecule has 0 atom stereocenters. The molecule has 0 bridgehead atoms. The minimum absolute atomic E-state index is 0.0265. The first-order valence-corrected chi connectivity index (χ1v) is 6.88. The third-order valence-electron chi connectivity index (χ3n) is 2.03. The van der Waals surface area contributed by atoms with Crippen LogP contribution in [0.1, 0.15) is 18.4 Å². The van der Waals surface area contributed by atoms with E-state index in [1.165, 1.54) is 0 Å². The van der Waals surface area contributed by atoms with Gasteiger partial charge in [0, 0.05) is 21.8 Å². The van der Waals surface area contributed by atoms with Gasteiger partial charge in [-0.25, -0.2) is 0 Å². The van der Waals surface area contributed by atoms with Gasteiger partial charge < -0.3 is 4.74 Å². The number of ether oxygens (including phenoxy) is 1. The van der Waals surface area contributed by atoms with Crippen molar-refractivity contribution in [2.75, 3.05) is 6.61 Å². The van der Waals surface area contributed by atoms with Crippen LogP contribution in [0.15, 0.2) is 22.7 Å². The van der Waals surface area contributed by atoms with Crippen molar-refractivity contribution in [3.05, 3.63) is 28.2 Å². The first-order chi connectivity index (χ1) is 7.92. The normalized spacial score (nSPS) is 11.6. The monoisotopic (exact) mass is 374 g/mol. The van der Waals surface area contributed by atoms with Crippen LogP contribution in [0.25, 0.3) is 0 Å². The van der Waals surface area contributed by atoms with Crippen LogP contribution in [0.4, 0.5) is 13.2 Å². The van der Waals surface area contributed by atoms with Gasteiger partial charge in [-0.15, -0.1) is 0 Å². The summed E-state index contributed by atoms with van der Waals surface area (Å²) < 4.78 is 42.0. The fourth-order valence-electron chi connectivity index (χ4n) is 1.25. The van der Waals surface area contributed by atoms with Crippen LogP contribution in [-0.2, 0) is 5.33 Å². The molecule has 0 aliphatic heterocycles. The minimum Gasteiger partial charge on any atom is -0.493 e. The van der Waals surface area contributed by atoms with Gasteiger partial charge in [0.25, 0.3) is 0 Å². The molecule has 1 aromatic carbocycles. The van der Waals surface area contributed by atoms with Gasteiger partial charge >= 0.3 is 6.18 Å². The molecular formula is C11H11Br2F3O. The molecule has 0 unspecified atom stereocenters. The van der Waals surface area contributed by atoms with Crippen molar-refractivity contribution < 1.29 is 17.9 Å². The predicted molar refractivity (Wildman–Crippen MR) is 67.6 cm³/mol. The molecule has 0 aromatic heterocycles. The Kier molecular flexibility index (Phi) is 5.79. The van der Waals surface area contributed by atoms with E-state index in [2.05, 4.69) is 31.9 Å². The fourth-order valence-corrected chi connectivity index (χ4v) is 2.09. The number of benzene rings is 1. The average Bonchev–Trinajstić information content (AvgIpc) is 2.24. The first kappa shape index (κ1) is 14.8. The molecule has 0 N–H and O–H groups in total. The van der Waals surface area contributed by atoms with E-state index in [0.717, 1.165) is 10.0 Å². The van der Waals surface area contributed by atoms with E-state index in [1.54, 1.807) is 12.1 Å². The quantitative estimate of drug-likeness (QED) is 0.516. The van der Waals surface area contributed by atoms with E-state index in [0.29, 0.717) is 11.1 Å². The van der Waals surface area contributed by atoms with Crippen LogP contribution in [0.3, 0.4) is 0 Å². The molecular weight excluding hydrogens is 365 g/mol. The zero-order valence-electron chi connectivity index (χ0n) is 8.86. The maximum Gasteiger partial charge on any atom is 0.389 e. The van der Waals surface area contributed by atoms with Gasteiger partial charge in [-0.2, -0.15) is 13.2 Å². The summed E-state index contributed by atoms with van der Waals surface area (Å²) in [6, 6.07) is 5.41. The second kappa shape index (κ2) is 6.64. The van der Waals surface area contributed by atoms with Crippen LogP contribution < -0.4 is 4.74 Å². The van der Waals surface area contributed by atoms with E-state index in [9.17, 15) is 13.2 Å². The summed E-state index contributed by atoms with van der Waals surface area (Å²) in [5, 5.41) is 0.598. The Balaban J connectivity index is 2.46. The SMILES string of the molecule is FC(F)(F)CCCOc1ccc(Br)cc1CBr. The van der Waals surface area contributed by atoms with Crippen molar-refractivity contribution in [3.63, 3.8) is 0 Å². The van der Waals surface area contributed by atoms with E-state index in [4.69, 9.17) is 4.74 Å². The van der Waals surface area contributed by atoms with Gasteiger partial charge in [0.2, 0.25) is 0 Å². The van der Waals surface area contributed by atoms with E-state index in [1.807, 2.05) is 6.07 Å². The molecule has 1 nitrogen and oxygen atoms in total. The van der Waals surface area contributed by atoms with Gasteiger partial charge in [-0.3, -0.25) is 0 Å². The summed E-state index contributed by atoms with van der Waals surface area (Å²) in [7, 11) is 0. The predicted octanol–water partition coefficient (Wildman–Crippen LogP) is 5.07. The second-order valence-corrected chi connectivity index (χ2v) is 4.93. The standard InChI is InChI=1S/C11H11Br2F3O/c12-7-8-6-9(13)2-3-10(8)17-5-1-4-11(14,15)16/h2-3,6H,1,4-5,7H2. The Morgan fingerprint density at radius 3 is 2.53 bits per heavy atom. The van der Waals surface area contributed by atoms with Crippen LogP contribution in [0, 0.1) is 0 Å². The van der Waals surface area contributed by atoms with E-state index >= 15 is 0 Å². The van der Waals surface area contributed by atoms with Crippen LogP contribution in [0.5, 0.6) is 5.75 Å². The third-order valence-corrected chi connectivity index (χ3v) is 3.13. The Morgan fingerprint density at radius 2 is 1.94 bits per heavy atom. The first-order valence-electron chi connectivity index (χ1n) is 4.96. The molecule has 1 rings (SSSR count). The lowest BCUT2D eigenvalue weighted by Gasteiger charge is -2.11. The maximum atomic E-state index is 11.9. The van der Waals surface area contributed by atoms with E-state index in [-0.39, 0.29) is 13.0 Å². The minimum atomic E-state index is -4.11. The highest BCUT2D eigenvalue weighted by Crippen LogP contribution is 2.26. The molecule has 1 aromatic rings. The summed E-state index contributed by atoms with van der Waals surface area (Å²) in [4.78, 5) is 0. The van der Waals surface area contributed by atoms with Gasteiger partial charge in [0.15, 0.2) is 0 Å². The van der Waals surface area contributed by atoms with Gasteiger partial charge in [-0.1, -0.05) is 31.9 Å². The number of rotatable bonds is 5. The second-order valence-electron chi connectivity index (χ2n) is 3.45. The number of alkyl halides is 4. The summed E-state index contributed by atoms with van der Waals surface area (Å²) in [6.07, 6.45) is -4.95. The Labute approximate surface area is 115 Å². The molecule has 0 aliphatic carbocycles. The molecule has 96 valence electrons. The smallest absolute Gasteiger partial charge is 0.389 e. The molecule has 0 spiro atoms. The maximum absolute atomic E-state index is 11.9. The highest BCUT2D eigenvalue weighted by atomic mass is 79.9. The lowest BCUT2D eigenvalue weighted by atomic mass is 10.2. The molecule has 0 heterocycles. The molecule has 0 fully saturated rings. The van der Waals surface area contributed by atoms with Gasteiger partial charge in [0.1, 0.15) is 5.75 Å². The summed E-state index contributed by atoms with van der Waals surface area (Å²) in [5.41, 5.74) is 0.909. The van der Waals surface area contributed by atoms with Crippen LogP contribution in [0.2, 0.25) is 0 Å². The van der Waals surface area contributed by atoms with Crippen molar-refractivity contribution in [2.45, 2.75) is 24.3 Å². The topological polar surface area (TPSA) is 9.23 Å². The van der Waals surface area contributed by atoms with E-state index < -0.39 is 12.6 Å². The van der Waals surface area contributed by atoms with Gasteiger partial charge in [0.05, 0.1) is 6.61 Å². The molecule has 0 saturated heterocycles. The molecule has 0 saturated carbocycles. The number of hydrogen-bond acceptors (Lipinski definition) is 1. The largest absolute Gasteiger partial charge is 0.493 e. The highest BCUT2D eigenvalue weighted by molar-refractivity contribution is 9.10.